The number of nitrogens with zero attached hydrogens (tertiary/aromatic N) is 3. The molecule has 0 saturated heterocycles. The molecule has 0 bridgehead atoms. The molecule has 0 unspecified atom stereocenters. The minimum atomic E-state index is -3.30. The third-order valence-corrected chi connectivity index (χ3v) is 5.42. The van der Waals surface area contributed by atoms with E-state index in [4.69, 9.17) is 5.73 Å². The van der Waals surface area contributed by atoms with Crippen molar-refractivity contribution in [2.45, 2.75) is 4.90 Å². The molecule has 4 rings (SSSR count). The second-order valence-electron chi connectivity index (χ2n) is 6.41. The quantitative estimate of drug-likeness (QED) is 0.470. The van der Waals surface area contributed by atoms with E-state index in [0.29, 0.717) is 16.9 Å². The molecule has 0 radical (unpaired) electrons. The molecule has 10 heteroatoms. The molecule has 2 aromatic carbocycles. The van der Waals surface area contributed by atoms with Crippen LogP contribution in [0.25, 0.3) is 22.2 Å². The zero-order valence-electron chi connectivity index (χ0n) is 15.2. The number of amides is 1. The predicted molar refractivity (Wildman–Crippen MR) is 109 cm³/mol. The highest BCUT2D eigenvalue weighted by Gasteiger charge is 2.16. The molecule has 0 aliphatic heterocycles. The highest BCUT2D eigenvalue weighted by molar-refractivity contribution is 7.90. The van der Waals surface area contributed by atoms with Crippen LogP contribution in [0.5, 0.6) is 0 Å². The highest BCUT2D eigenvalue weighted by Crippen LogP contribution is 2.22. The summed E-state index contributed by atoms with van der Waals surface area (Å²) in [5.74, 6) is -0.523. The van der Waals surface area contributed by atoms with Gasteiger partial charge in [-0.15, -0.1) is 0 Å². The summed E-state index contributed by atoms with van der Waals surface area (Å²) in [4.78, 5) is 21.2. The zero-order chi connectivity index (χ0) is 20.6. The number of aromatic amines is 1. The number of carbonyl (C=O) groups excluding carboxylic acids is 1. The maximum absolute atomic E-state index is 12.7. The molecule has 2 aromatic heterocycles. The van der Waals surface area contributed by atoms with Crippen molar-refractivity contribution in [3.8, 4) is 11.3 Å². The lowest BCUT2D eigenvalue weighted by Gasteiger charge is -2.09. The van der Waals surface area contributed by atoms with Crippen LogP contribution in [-0.2, 0) is 9.84 Å². The van der Waals surface area contributed by atoms with Crippen molar-refractivity contribution in [1.82, 2.24) is 20.2 Å². The van der Waals surface area contributed by atoms with Crippen molar-refractivity contribution in [3.63, 3.8) is 0 Å². The number of aromatic nitrogens is 4. The number of fused-ring (bicyclic) bond motifs is 1. The average molecular weight is 408 g/mol. The number of sulfone groups is 1. The van der Waals surface area contributed by atoms with Crippen LogP contribution in [0.15, 0.2) is 59.8 Å². The second kappa shape index (κ2) is 6.99. The first kappa shape index (κ1) is 18.6. The molecule has 0 aliphatic carbocycles. The molecule has 1 amide bonds. The SMILES string of the molecule is CS(=O)(=O)c1ccc(-c2cnc(N)c(C(=O)Nc3ccc4cn[nH]c4c3)n2)cc1. The summed E-state index contributed by atoms with van der Waals surface area (Å²) in [5, 5.41) is 10.4. The van der Waals surface area contributed by atoms with Crippen LogP contribution in [0.1, 0.15) is 10.5 Å². The summed E-state index contributed by atoms with van der Waals surface area (Å²) in [5.41, 5.74) is 8.16. The molecule has 29 heavy (non-hydrogen) atoms. The normalized spacial score (nSPS) is 11.5. The summed E-state index contributed by atoms with van der Waals surface area (Å²) in [6.45, 7) is 0. The fraction of sp³-hybridized carbons (Fsp3) is 0.0526. The second-order valence-corrected chi connectivity index (χ2v) is 8.43. The first-order chi connectivity index (χ1) is 13.8. The number of hydrogen-bond acceptors (Lipinski definition) is 7. The van der Waals surface area contributed by atoms with Crippen LogP contribution in [0.4, 0.5) is 11.5 Å². The Morgan fingerprint density at radius 1 is 1.10 bits per heavy atom. The van der Waals surface area contributed by atoms with E-state index in [2.05, 4.69) is 25.5 Å². The largest absolute Gasteiger partial charge is 0.382 e. The van der Waals surface area contributed by atoms with Gasteiger partial charge in [0.15, 0.2) is 21.3 Å². The maximum atomic E-state index is 12.7. The van der Waals surface area contributed by atoms with Crippen LogP contribution < -0.4 is 11.1 Å². The Morgan fingerprint density at radius 2 is 1.86 bits per heavy atom. The summed E-state index contributed by atoms with van der Waals surface area (Å²) in [6, 6.07) is 11.5. The van der Waals surface area contributed by atoms with Crippen LogP contribution in [-0.4, -0.2) is 40.7 Å². The fourth-order valence-electron chi connectivity index (χ4n) is 2.78. The number of nitrogens with two attached hydrogens (primary N) is 1. The first-order valence-corrected chi connectivity index (χ1v) is 10.4. The van der Waals surface area contributed by atoms with Gasteiger partial charge in [-0.1, -0.05) is 12.1 Å². The molecule has 0 atom stereocenters. The van der Waals surface area contributed by atoms with E-state index < -0.39 is 15.7 Å². The summed E-state index contributed by atoms with van der Waals surface area (Å²) < 4.78 is 23.2. The van der Waals surface area contributed by atoms with Crippen molar-refractivity contribution in [1.29, 1.82) is 0 Å². The molecule has 0 spiro atoms. The van der Waals surface area contributed by atoms with Gasteiger partial charge in [-0.25, -0.2) is 18.4 Å². The van der Waals surface area contributed by atoms with Gasteiger partial charge in [0.25, 0.3) is 5.91 Å². The number of nitrogens with one attached hydrogen (secondary N) is 2. The third-order valence-electron chi connectivity index (χ3n) is 4.29. The monoisotopic (exact) mass is 408 g/mol. The van der Waals surface area contributed by atoms with Crippen molar-refractivity contribution in [2.24, 2.45) is 0 Å². The number of carbonyl (C=O) groups is 1. The number of hydrogen-bond donors (Lipinski definition) is 3. The lowest BCUT2D eigenvalue weighted by molar-refractivity contribution is 0.102. The number of anilines is 2. The minimum absolute atomic E-state index is 0.0124. The van der Waals surface area contributed by atoms with Gasteiger partial charge >= 0.3 is 0 Å². The van der Waals surface area contributed by atoms with Crippen molar-refractivity contribution in [2.75, 3.05) is 17.3 Å². The first-order valence-electron chi connectivity index (χ1n) is 8.49. The molecular weight excluding hydrogens is 392 g/mol. The fourth-order valence-corrected chi connectivity index (χ4v) is 3.41. The van der Waals surface area contributed by atoms with Crippen LogP contribution in [0.3, 0.4) is 0 Å². The van der Waals surface area contributed by atoms with Gasteiger partial charge in [0.2, 0.25) is 0 Å². The Kier molecular flexibility index (Phi) is 4.47. The Balaban J connectivity index is 1.63. The summed E-state index contributed by atoms with van der Waals surface area (Å²) in [7, 11) is -3.30. The van der Waals surface area contributed by atoms with E-state index in [1.54, 1.807) is 30.5 Å². The smallest absolute Gasteiger partial charge is 0.278 e. The lowest BCUT2D eigenvalue weighted by Crippen LogP contribution is -2.17. The Morgan fingerprint density at radius 3 is 2.59 bits per heavy atom. The molecule has 2 heterocycles. The summed E-state index contributed by atoms with van der Waals surface area (Å²) >= 11 is 0. The minimum Gasteiger partial charge on any atom is -0.382 e. The zero-order valence-corrected chi connectivity index (χ0v) is 16.1. The molecule has 0 fully saturated rings. The van der Waals surface area contributed by atoms with Gasteiger partial charge in [-0.05, 0) is 30.3 Å². The molecule has 0 aliphatic rings. The number of rotatable bonds is 4. The van der Waals surface area contributed by atoms with E-state index in [-0.39, 0.29) is 16.4 Å². The maximum Gasteiger partial charge on any atom is 0.278 e. The Hall–Kier alpha value is -3.79. The van der Waals surface area contributed by atoms with Gasteiger partial charge in [-0.2, -0.15) is 5.10 Å². The number of benzene rings is 2. The van der Waals surface area contributed by atoms with E-state index in [0.717, 1.165) is 17.2 Å². The number of nitrogen functional groups attached to an aromatic ring is 1. The van der Waals surface area contributed by atoms with Crippen LogP contribution in [0, 0.1) is 0 Å². The van der Waals surface area contributed by atoms with Gasteiger partial charge in [-0.3, -0.25) is 9.89 Å². The van der Waals surface area contributed by atoms with Gasteiger partial charge in [0.1, 0.15) is 0 Å². The van der Waals surface area contributed by atoms with E-state index in [9.17, 15) is 13.2 Å². The Bertz CT molecular complexity index is 1330. The topological polar surface area (TPSA) is 144 Å². The highest BCUT2D eigenvalue weighted by atomic mass is 32.2. The molecule has 9 nitrogen and oxygen atoms in total. The van der Waals surface area contributed by atoms with Gasteiger partial charge in [0.05, 0.1) is 28.5 Å². The molecule has 146 valence electrons. The van der Waals surface area contributed by atoms with E-state index in [1.165, 1.54) is 18.3 Å². The average Bonchev–Trinajstić information content (AvgIpc) is 3.15. The van der Waals surface area contributed by atoms with Crippen LogP contribution >= 0.6 is 0 Å². The van der Waals surface area contributed by atoms with E-state index >= 15 is 0 Å². The van der Waals surface area contributed by atoms with Crippen molar-refractivity contribution in [3.05, 3.63) is 60.6 Å². The summed E-state index contributed by atoms with van der Waals surface area (Å²) in [6.07, 6.45) is 4.25. The molecule has 4 N–H and O–H groups in total. The predicted octanol–water partition coefficient (Wildman–Crippen LogP) is 2.26. The number of H-pyrrole nitrogens is 1. The molecule has 0 saturated carbocycles. The Labute approximate surface area is 165 Å². The third kappa shape index (κ3) is 3.78. The van der Waals surface area contributed by atoms with E-state index in [1.807, 2.05) is 6.07 Å². The van der Waals surface area contributed by atoms with Gasteiger partial charge in [0, 0.05) is 22.9 Å². The molecule has 4 aromatic rings. The van der Waals surface area contributed by atoms with Gasteiger partial charge < -0.3 is 11.1 Å². The van der Waals surface area contributed by atoms with Crippen molar-refractivity contribution < 1.29 is 13.2 Å². The van der Waals surface area contributed by atoms with Crippen LogP contribution in [0.2, 0.25) is 0 Å². The van der Waals surface area contributed by atoms with Crippen molar-refractivity contribution >= 4 is 38.2 Å². The standard InChI is InChI=1S/C19H16N6O3S/c1-29(27,28)14-6-3-11(4-7-14)16-10-21-18(20)17(24-16)19(26)23-13-5-2-12-9-22-25-15(12)8-13/h2-10H,1H3,(H2,20,21)(H,22,25)(H,23,26). The lowest BCUT2D eigenvalue weighted by atomic mass is 10.1. The molecular formula is C19H16N6O3S.